The first-order valence-electron chi connectivity index (χ1n) is 7.42. The van der Waals surface area contributed by atoms with Crippen LogP contribution in [0.1, 0.15) is 27.7 Å². The summed E-state index contributed by atoms with van der Waals surface area (Å²) in [4.78, 5) is 30.0. The summed E-state index contributed by atoms with van der Waals surface area (Å²) >= 11 is 0. The van der Waals surface area contributed by atoms with Gasteiger partial charge in [-0.25, -0.2) is 0 Å². The Labute approximate surface area is 127 Å². The molecule has 118 valence electrons. The molecule has 0 aromatic heterocycles. The van der Waals surface area contributed by atoms with E-state index in [0.29, 0.717) is 26.2 Å². The van der Waals surface area contributed by atoms with E-state index in [0.717, 1.165) is 0 Å². The monoisotopic (exact) mass is 294 g/mol. The summed E-state index contributed by atoms with van der Waals surface area (Å²) in [7, 11) is 1.79. The van der Waals surface area contributed by atoms with E-state index in [4.69, 9.17) is 5.26 Å². The van der Waals surface area contributed by atoms with Crippen molar-refractivity contribution in [3.05, 3.63) is 0 Å². The zero-order valence-electron chi connectivity index (χ0n) is 13.7. The van der Waals surface area contributed by atoms with Crippen LogP contribution in [0.5, 0.6) is 0 Å². The lowest BCUT2D eigenvalue weighted by molar-refractivity contribution is -0.150. The Morgan fingerprint density at radius 1 is 1.48 bits per heavy atom. The smallest absolute Gasteiger partial charge is 0.242 e. The molecule has 1 rings (SSSR count). The lowest BCUT2D eigenvalue weighted by Crippen LogP contribution is -2.63. The van der Waals surface area contributed by atoms with E-state index < -0.39 is 5.54 Å². The summed E-state index contributed by atoms with van der Waals surface area (Å²) in [5.74, 6) is -0.170. The van der Waals surface area contributed by atoms with Gasteiger partial charge in [-0.05, 0) is 27.7 Å². The maximum Gasteiger partial charge on any atom is 0.242 e. The Morgan fingerprint density at radius 3 is 2.62 bits per heavy atom. The molecule has 0 aromatic rings. The molecule has 2 amide bonds. The number of piperazine rings is 1. The normalized spacial score (nSPS) is 20.0. The number of likely N-dealkylation sites (N-methyl/N-ethyl adjacent to an activating group) is 2. The molecule has 1 saturated heterocycles. The predicted octanol–water partition coefficient (Wildman–Crippen LogP) is 0.547. The molecule has 0 N–H and O–H groups in total. The molecule has 1 heterocycles. The third kappa shape index (κ3) is 3.94. The molecule has 1 atom stereocenters. The number of nitrogens with zero attached hydrogens (tertiary/aromatic N) is 4. The van der Waals surface area contributed by atoms with E-state index >= 15 is 0 Å². The van der Waals surface area contributed by atoms with E-state index in [-0.39, 0.29) is 24.3 Å². The van der Waals surface area contributed by atoms with Gasteiger partial charge in [-0.1, -0.05) is 0 Å². The van der Waals surface area contributed by atoms with E-state index in [1.807, 2.05) is 25.7 Å². The fourth-order valence-corrected chi connectivity index (χ4v) is 2.57. The predicted molar refractivity (Wildman–Crippen MR) is 80.3 cm³/mol. The molecule has 0 unspecified atom stereocenters. The van der Waals surface area contributed by atoms with E-state index in [1.165, 1.54) is 0 Å². The summed E-state index contributed by atoms with van der Waals surface area (Å²) in [6.07, 6.45) is 0. The van der Waals surface area contributed by atoms with Crippen molar-refractivity contribution in [2.45, 2.75) is 33.2 Å². The lowest BCUT2D eigenvalue weighted by Gasteiger charge is -2.44. The van der Waals surface area contributed by atoms with Crippen molar-refractivity contribution in [2.75, 3.05) is 39.8 Å². The Morgan fingerprint density at radius 2 is 2.10 bits per heavy atom. The van der Waals surface area contributed by atoms with Crippen LogP contribution in [-0.2, 0) is 9.59 Å². The Hall–Kier alpha value is -1.61. The number of hydrogen-bond acceptors (Lipinski definition) is 4. The fraction of sp³-hybridized carbons (Fsp3) is 0.800. The second-order valence-corrected chi connectivity index (χ2v) is 6.17. The largest absolute Gasteiger partial charge is 0.343 e. The molecule has 21 heavy (non-hydrogen) atoms. The SMILES string of the molecule is CCN(C[C@H](C)C#N)C(=O)CN1CCN(C)C(=O)C1(C)C. The highest BCUT2D eigenvalue weighted by atomic mass is 16.2. The van der Waals surface area contributed by atoms with Crippen molar-refractivity contribution in [1.29, 1.82) is 5.26 Å². The molecule has 0 spiro atoms. The summed E-state index contributed by atoms with van der Waals surface area (Å²) in [6, 6.07) is 2.15. The van der Waals surface area contributed by atoms with Gasteiger partial charge in [0.2, 0.25) is 11.8 Å². The summed E-state index contributed by atoms with van der Waals surface area (Å²) in [5.41, 5.74) is -0.664. The number of amides is 2. The van der Waals surface area contributed by atoms with Gasteiger partial charge in [0.25, 0.3) is 0 Å². The first kappa shape index (κ1) is 17.4. The van der Waals surface area contributed by atoms with Crippen LogP contribution in [0.15, 0.2) is 0 Å². The molecular formula is C15H26N4O2. The van der Waals surface area contributed by atoms with E-state index in [9.17, 15) is 9.59 Å². The van der Waals surface area contributed by atoms with Crippen molar-refractivity contribution >= 4 is 11.8 Å². The quantitative estimate of drug-likeness (QED) is 0.742. The first-order valence-corrected chi connectivity index (χ1v) is 7.42. The van der Waals surface area contributed by atoms with Gasteiger partial charge in [0, 0.05) is 33.2 Å². The van der Waals surface area contributed by atoms with Crippen molar-refractivity contribution in [1.82, 2.24) is 14.7 Å². The topological polar surface area (TPSA) is 67.7 Å². The number of rotatable bonds is 5. The molecule has 0 bridgehead atoms. The fourth-order valence-electron chi connectivity index (χ4n) is 2.57. The van der Waals surface area contributed by atoms with Crippen LogP contribution in [0, 0.1) is 17.2 Å². The van der Waals surface area contributed by atoms with Gasteiger partial charge in [-0.15, -0.1) is 0 Å². The average Bonchev–Trinajstić information content (AvgIpc) is 2.45. The van der Waals surface area contributed by atoms with Crippen LogP contribution in [-0.4, -0.2) is 71.8 Å². The van der Waals surface area contributed by atoms with Crippen LogP contribution in [0.25, 0.3) is 0 Å². The van der Waals surface area contributed by atoms with Crippen molar-refractivity contribution in [3.63, 3.8) is 0 Å². The maximum absolute atomic E-state index is 12.4. The molecule has 0 saturated carbocycles. The van der Waals surface area contributed by atoms with Crippen LogP contribution in [0.2, 0.25) is 0 Å². The van der Waals surface area contributed by atoms with Gasteiger partial charge in [0.05, 0.1) is 24.1 Å². The Balaban J connectivity index is 2.73. The molecule has 1 fully saturated rings. The van der Waals surface area contributed by atoms with E-state index in [2.05, 4.69) is 6.07 Å². The van der Waals surface area contributed by atoms with Crippen molar-refractivity contribution < 1.29 is 9.59 Å². The van der Waals surface area contributed by atoms with Crippen molar-refractivity contribution in [2.24, 2.45) is 5.92 Å². The van der Waals surface area contributed by atoms with Gasteiger partial charge in [-0.3, -0.25) is 14.5 Å². The summed E-state index contributed by atoms with van der Waals surface area (Å²) < 4.78 is 0. The number of nitriles is 1. The molecule has 0 aromatic carbocycles. The molecule has 6 nitrogen and oxygen atoms in total. The van der Waals surface area contributed by atoms with Crippen LogP contribution in [0.4, 0.5) is 0 Å². The number of carbonyl (C=O) groups excluding carboxylic acids is 2. The Bertz CT molecular complexity index is 441. The van der Waals surface area contributed by atoms with Gasteiger partial charge in [0.15, 0.2) is 0 Å². The highest BCUT2D eigenvalue weighted by Gasteiger charge is 2.41. The maximum atomic E-state index is 12.4. The minimum atomic E-state index is -0.664. The zero-order valence-corrected chi connectivity index (χ0v) is 13.7. The lowest BCUT2D eigenvalue weighted by atomic mass is 9.97. The van der Waals surface area contributed by atoms with Gasteiger partial charge in [-0.2, -0.15) is 5.26 Å². The molecule has 1 aliphatic rings. The van der Waals surface area contributed by atoms with Gasteiger partial charge in [0.1, 0.15) is 0 Å². The highest BCUT2D eigenvalue weighted by molar-refractivity contribution is 5.87. The third-order valence-corrected chi connectivity index (χ3v) is 4.14. The number of hydrogen-bond donors (Lipinski definition) is 0. The molecule has 0 radical (unpaired) electrons. The summed E-state index contributed by atoms with van der Waals surface area (Å²) in [5, 5.41) is 8.88. The first-order chi connectivity index (χ1) is 9.73. The van der Waals surface area contributed by atoms with Crippen molar-refractivity contribution in [3.8, 4) is 6.07 Å². The zero-order chi connectivity index (χ0) is 16.2. The molecular weight excluding hydrogens is 268 g/mol. The second kappa shape index (κ2) is 6.90. The summed E-state index contributed by atoms with van der Waals surface area (Å²) in [6.45, 7) is 9.97. The standard InChI is InChI=1S/C15H26N4O2/c1-6-18(10-12(2)9-16)13(20)11-19-8-7-17(5)14(21)15(19,3)4/h12H,6-8,10-11H2,1-5H3/t12-/m1/s1. The molecule has 1 aliphatic heterocycles. The minimum absolute atomic E-state index is 0.0231. The van der Waals surface area contributed by atoms with E-state index in [1.54, 1.807) is 23.8 Å². The van der Waals surface area contributed by atoms with Crippen LogP contribution in [0.3, 0.4) is 0 Å². The average molecular weight is 294 g/mol. The van der Waals surface area contributed by atoms with Crippen LogP contribution < -0.4 is 0 Å². The highest BCUT2D eigenvalue weighted by Crippen LogP contribution is 2.21. The Kier molecular flexibility index (Phi) is 5.73. The number of carbonyl (C=O) groups is 2. The van der Waals surface area contributed by atoms with Gasteiger partial charge < -0.3 is 9.80 Å². The van der Waals surface area contributed by atoms with Crippen LogP contribution >= 0.6 is 0 Å². The third-order valence-electron chi connectivity index (χ3n) is 4.14. The molecule has 0 aliphatic carbocycles. The second-order valence-electron chi connectivity index (χ2n) is 6.17. The van der Waals surface area contributed by atoms with Gasteiger partial charge >= 0.3 is 0 Å². The molecule has 6 heteroatoms. The minimum Gasteiger partial charge on any atom is -0.343 e.